The van der Waals surface area contributed by atoms with Gasteiger partial charge in [0.05, 0.1) is 6.54 Å². The SMILES string of the molecule is CC1CC(C)N(C(=O)NC[C@H](O)C(=O)O)C1. The van der Waals surface area contributed by atoms with Gasteiger partial charge in [-0.05, 0) is 19.3 Å². The van der Waals surface area contributed by atoms with E-state index < -0.39 is 12.1 Å². The summed E-state index contributed by atoms with van der Waals surface area (Å²) in [4.78, 5) is 23.6. The van der Waals surface area contributed by atoms with E-state index in [9.17, 15) is 9.59 Å². The van der Waals surface area contributed by atoms with Gasteiger partial charge in [0.15, 0.2) is 6.10 Å². The Hall–Kier alpha value is -1.30. The van der Waals surface area contributed by atoms with Gasteiger partial charge in [0.1, 0.15) is 0 Å². The number of nitrogens with zero attached hydrogens (tertiary/aromatic N) is 1. The van der Waals surface area contributed by atoms with Crippen LogP contribution in [0.5, 0.6) is 0 Å². The summed E-state index contributed by atoms with van der Waals surface area (Å²) in [6.07, 6.45) is -0.589. The van der Waals surface area contributed by atoms with Gasteiger partial charge in [-0.1, -0.05) is 6.92 Å². The lowest BCUT2D eigenvalue weighted by Crippen LogP contribution is -2.45. The fourth-order valence-corrected chi connectivity index (χ4v) is 1.96. The van der Waals surface area contributed by atoms with E-state index in [0.717, 1.165) is 6.42 Å². The number of carbonyl (C=O) groups is 2. The number of rotatable bonds is 3. The monoisotopic (exact) mass is 230 g/mol. The van der Waals surface area contributed by atoms with Crippen LogP contribution in [0.1, 0.15) is 20.3 Å². The molecule has 1 saturated heterocycles. The molecule has 0 aromatic rings. The number of carbonyl (C=O) groups excluding carboxylic acids is 1. The molecule has 6 nitrogen and oxygen atoms in total. The van der Waals surface area contributed by atoms with E-state index >= 15 is 0 Å². The molecule has 1 rings (SSSR count). The number of carboxylic acids is 1. The highest BCUT2D eigenvalue weighted by atomic mass is 16.4. The standard InChI is InChI=1S/C10H18N2O4/c1-6-3-7(2)12(5-6)10(16)11-4-8(13)9(14)15/h6-8,13H,3-5H2,1-2H3,(H,11,16)(H,14,15)/t6?,7?,8-/m0/s1. The maximum atomic E-state index is 11.6. The minimum Gasteiger partial charge on any atom is -0.479 e. The maximum Gasteiger partial charge on any atom is 0.334 e. The summed E-state index contributed by atoms with van der Waals surface area (Å²) in [5.74, 6) is -0.867. The number of hydrogen-bond donors (Lipinski definition) is 3. The van der Waals surface area contributed by atoms with E-state index in [0.29, 0.717) is 12.5 Å². The smallest absolute Gasteiger partial charge is 0.334 e. The number of likely N-dealkylation sites (tertiary alicyclic amines) is 1. The van der Waals surface area contributed by atoms with Gasteiger partial charge in [-0.2, -0.15) is 0 Å². The summed E-state index contributed by atoms with van der Waals surface area (Å²) in [5, 5.41) is 19.9. The van der Waals surface area contributed by atoms with Crippen LogP contribution in [0.25, 0.3) is 0 Å². The number of aliphatic carboxylic acids is 1. The van der Waals surface area contributed by atoms with Crippen LogP contribution in [0.4, 0.5) is 4.79 Å². The average molecular weight is 230 g/mol. The molecule has 2 amide bonds. The minimum atomic E-state index is -1.54. The molecular weight excluding hydrogens is 212 g/mol. The van der Waals surface area contributed by atoms with E-state index in [-0.39, 0.29) is 18.6 Å². The molecule has 0 aliphatic carbocycles. The van der Waals surface area contributed by atoms with Crippen molar-refractivity contribution < 1.29 is 19.8 Å². The number of urea groups is 1. The maximum absolute atomic E-state index is 11.6. The number of aliphatic hydroxyl groups excluding tert-OH is 1. The minimum absolute atomic E-state index is 0.164. The summed E-state index contributed by atoms with van der Waals surface area (Å²) >= 11 is 0. The third kappa shape index (κ3) is 3.10. The van der Waals surface area contributed by atoms with Crippen molar-refractivity contribution in [1.82, 2.24) is 10.2 Å². The highest BCUT2D eigenvalue weighted by Crippen LogP contribution is 2.21. The lowest BCUT2D eigenvalue weighted by molar-refractivity contribution is -0.146. The van der Waals surface area contributed by atoms with E-state index in [1.54, 1.807) is 4.90 Å². The molecule has 6 heteroatoms. The highest BCUT2D eigenvalue weighted by molar-refractivity contribution is 5.77. The fourth-order valence-electron chi connectivity index (χ4n) is 1.96. The third-order valence-electron chi connectivity index (χ3n) is 2.78. The van der Waals surface area contributed by atoms with E-state index in [1.807, 2.05) is 6.92 Å². The topological polar surface area (TPSA) is 89.9 Å². The summed E-state index contributed by atoms with van der Waals surface area (Å²) in [6, 6.07) is -0.144. The first-order valence-electron chi connectivity index (χ1n) is 5.37. The fraction of sp³-hybridized carbons (Fsp3) is 0.800. The predicted octanol–water partition coefficient (Wildman–Crippen LogP) is -0.128. The van der Waals surface area contributed by atoms with Crippen LogP contribution < -0.4 is 5.32 Å². The Kier molecular flexibility index (Phi) is 4.12. The summed E-state index contributed by atoms with van der Waals surface area (Å²) in [6.45, 7) is 4.44. The second-order valence-electron chi connectivity index (χ2n) is 4.38. The van der Waals surface area contributed by atoms with Crippen molar-refractivity contribution in [1.29, 1.82) is 0 Å². The lowest BCUT2D eigenvalue weighted by atomic mass is 10.1. The number of carboxylic acid groups (broad SMARTS) is 1. The van der Waals surface area contributed by atoms with Crippen molar-refractivity contribution in [2.45, 2.75) is 32.4 Å². The average Bonchev–Trinajstić information content (AvgIpc) is 2.53. The lowest BCUT2D eigenvalue weighted by Gasteiger charge is -2.22. The van der Waals surface area contributed by atoms with E-state index in [2.05, 4.69) is 12.2 Å². The zero-order valence-corrected chi connectivity index (χ0v) is 9.51. The van der Waals surface area contributed by atoms with Gasteiger partial charge in [-0.15, -0.1) is 0 Å². The molecule has 3 N–H and O–H groups in total. The molecule has 16 heavy (non-hydrogen) atoms. The largest absolute Gasteiger partial charge is 0.479 e. The van der Waals surface area contributed by atoms with Crippen LogP contribution in [0, 0.1) is 5.92 Å². The Balaban J connectivity index is 2.38. The van der Waals surface area contributed by atoms with Gasteiger partial charge >= 0.3 is 12.0 Å². The zero-order chi connectivity index (χ0) is 12.3. The van der Waals surface area contributed by atoms with Crippen molar-refractivity contribution in [3.8, 4) is 0 Å². The van der Waals surface area contributed by atoms with Crippen LogP contribution in [-0.4, -0.2) is 52.3 Å². The predicted molar refractivity (Wildman–Crippen MR) is 57.0 cm³/mol. The summed E-state index contributed by atoms with van der Waals surface area (Å²) in [5.41, 5.74) is 0. The first-order valence-corrected chi connectivity index (χ1v) is 5.37. The van der Waals surface area contributed by atoms with Crippen molar-refractivity contribution in [2.75, 3.05) is 13.1 Å². The van der Waals surface area contributed by atoms with Crippen LogP contribution in [-0.2, 0) is 4.79 Å². The van der Waals surface area contributed by atoms with Crippen LogP contribution in [0.15, 0.2) is 0 Å². The molecule has 0 aromatic heterocycles. The van der Waals surface area contributed by atoms with E-state index in [4.69, 9.17) is 10.2 Å². The Morgan fingerprint density at radius 1 is 1.50 bits per heavy atom. The molecule has 2 unspecified atom stereocenters. The highest BCUT2D eigenvalue weighted by Gasteiger charge is 2.30. The first kappa shape index (κ1) is 12.8. The molecule has 1 aliphatic rings. The molecule has 92 valence electrons. The molecule has 0 radical (unpaired) electrons. The molecule has 0 saturated carbocycles. The number of amides is 2. The van der Waals surface area contributed by atoms with Gasteiger partial charge in [-0.25, -0.2) is 9.59 Å². The van der Waals surface area contributed by atoms with Gasteiger partial charge < -0.3 is 20.4 Å². The van der Waals surface area contributed by atoms with Crippen LogP contribution >= 0.6 is 0 Å². The molecule has 0 aromatic carbocycles. The number of nitrogens with one attached hydrogen (secondary N) is 1. The van der Waals surface area contributed by atoms with Crippen LogP contribution in [0.3, 0.4) is 0 Å². The van der Waals surface area contributed by atoms with Crippen molar-refractivity contribution in [2.24, 2.45) is 5.92 Å². The van der Waals surface area contributed by atoms with Gasteiger partial charge in [0.2, 0.25) is 0 Å². The Bertz CT molecular complexity index is 282. The van der Waals surface area contributed by atoms with Crippen LogP contribution in [0.2, 0.25) is 0 Å². The van der Waals surface area contributed by atoms with Crippen molar-refractivity contribution >= 4 is 12.0 Å². The third-order valence-corrected chi connectivity index (χ3v) is 2.78. The molecule has 1 aliphatic heterocycles. The van der Waals surface area contributed by atoms with Gasteiger partial charge in [0.25, 0.3) is 0 Å². The van der Waals surface area contributed by atoms with E-state index in [1.165, 1.54) is 0 Å². The Morgan fingerprint density at radius 3 is 2.56 bits per heavy atom. The molecule has 1 fully saturated rings. The van der Waals surface area contributed by atoms with Gasteiger partial charge in [0, 0.05) is 12.6 Å². The summed E-state index contributed by atoms with van der Waals surface area (Å²) < 4.78 is 0. The molecule has 3 atom stereocenters. The molecule has 1 heterocycles. The zero-order valence-electron chi connectivity index (χ0n) is 9.51. The first-order chi connectivity index (χ1) is 7.41. The number of aliphatic hydroxyl groups is 1. The second kappa shape index (κ2) is 5.16. The quantitative estimate of drug-likeness (QED) is 0.630. The normalized spacial score (nSPS) is 26.6. The Morgan fingerprint density at radius 2 is 2.12 bits per heavy atom. The molecular formula is C10H18N2O4. The van der Waals surface area contributed by atoms with Crippen molar-refractivity contribution in [3.63, 3.8) is 0 Å². The number of hydrogen-bond acceptors (Lipinski definition) is 3. The van der Waals surface area contributed by atoms with Gasteiger partial charge in [-0.3, -0.25) is 0 Å². The van der Waals surface area contributed by atoms with Crippen molar-refractivity contribution in [3.05, 3.63) is 0 Å². The Labute approximate surface area is 94.2 Å². The molecule has 0 bridgehead atoms. The molecule has 0 spiro atoms. The second-order valence-corrected chi connectivity index (χ2v) is 4.38. The summed E-state index contributed by atoms with van der Waals surface area (Å²) in [7, 11) is 0.